The highest BCUT2D eigenvalue weighted by atomic mass is 15.3. The molecule has 2 heteroatoms. The zero-order valence-corrected chi connectivity index (χ0v) is 6.44. The minimum absolute atomic E-state index is 0.606. The highest BCUT2D eigenvalue weighted by Crippen LogP contribution is 2.11. The average Bonchev–Trinajstić information content (AvgIpc) is 2.45. The van der Waals surface area contributed by atoms with E-state index >= 15 is 0 Å². The molecule has 1 aliphatic rings. The van der Waals surface area contributed by atoms with Gasteiger partial charge in [-0.25, -0.2) is 0 Å². The fourth-order valence-corrected chi connectivity index (χ4v) is 1.05. The summed E-state index contributed by atoms with van der Waals surface area (Å²) in [6.07, 6.45) is 1.85. The van der Waals surface area contributed by atoms with E-state index in [4.69, 9.17) is 0 Å². The molecule has 2 N–H and O–H groups in total. The second kappa shape index (κ2) is 2.67. The Morgan fingerprint density at radius 2 is 2.22 bits per heavy atom. The smallest absolute Gasteiger partial charge is 0.0735 e. The maximum absolute atomic E-state index is 3.41. The number of nitrogens with one attached hydrogen (secondary N) is 2. The van der Waals surface area contributed by atoms with Crippen molar-refractivity contribution in [2.75, 3.05) is 0 Å². The lowest BCUT2D eigenvalue weighted by Crippen LogP contribution is -2.28. The lowest BCUT2D eigenvalue weighted by Gasteiger charge is -2.03. The van der Waals surface area contributed by atoms with Crippen LogP contribution in [0.1, 0.15) is 27.2 Å². The van der Waals surface area contributed by atoms with Crippen molar-refractivity contribution < 1.29 is 0 Å². The summed E-state index contributed by atoms with van der Waals surface area (Å²) in [5.41, 5.74) is 0. The molecule has 0 spiro atoms. The van der Waals surface area contributed by atoms with Crippen LogP contribution in [0.5, 0.6) is 0 Å². The van der Waals surface area contributed by atoms with E-state index in [0.29, 0.717) is 12.2 Å². The quantitative estimate of drug-likeness (QED) is 0.548. The van der Waals surface area contributed by atoms with Gasteiger partial charge in [0, 0.05) is 12.1 Å². The molecule has 2 atom stereocenters. The predicted octanol–water partition coefficient (Wildman–Crippen LogP) is 0.692. The molecule has 0 aliphatic carbocycles. The standard InChI is InChI=1S/C7H16N2/c1-4-6-7(9-6)8-5(2)3/h5-9H,4H2,1-3H3. The number of hydrogen-bond donors (Lipinski definition) is 2. The maximum atomic E-state index is 3.41. The van der Waals surface area contributed by atoms with Gasteiger partial charge >= 0.3 is 0 Å². The van der Waals surface area contributed by atoms with Gasteiger partial charge in [-0.15, -0.1) is 0 Å². The molecule has 1 rings (SSSR count). The average molecular weight is 128 g/mol. The van der Waals surface area contributed by atoms with Crippen LogP contribution in [0.15, 0.2) is 0 Å². The molecule has 9 heavy (non-hydrogen) atoms. The molecule has 1 fully saturated rings. The minimum Gasteiger partial charge on any atom is -0.298 e. The van der Waals surface area contributed by atoms with Gasteiger partial charge in [-0.1, -0.05) is 6.92 Å². The first-order valence-electron chi connectivity index (χ1n) is 3.76. The van der Waals surface area contributed by atoms with Crippen LogP contribution in [0.2, 0.25) is 0 Å². The largest absolute Gasteiger partial charge is 0.298 e. The maximum Gasteiger partial charge on any atom is 0.0735 e. The van der Waals surface area contributed by atoms with E-state index < -0.39 is 0 Å². The van der Waals surface area contributed by atoms with E-state index in [1.54, 1.807) is 0 Å². The molecule has 0 amide bonds. The third kappa shape index (κ3) is 1.95. The first-order chi connectivity index (χ1) is 4.24. The van der Waals surface area contributed by atoms with Crippen molar-refractivity contribution >= 4 is 0 Å². The van der Waals surface area contributed by atoms with Crippen LogP contribution in [-0.2, 0) is 0 Å². The number of hydrogen-bond acceptors (Lipinski definition) is 2. The molecular weight excluding hydrogens is 112 g/mol. The Bertz CT molecular complexity index is 90.9. The molecular formula is C7H16N2. The van der Waals surface area contributed by atoms with Crippen molar-refractivity contribution in [3.8, 4) is 0 Å². The van der Waals surface area contributed by atoms with Gasteiger partial charge in [0.1, 0.15) is 0 Å². The Labute approximate surface area is 57.0 Å². The van der Waals surface area contributed by atoms with Gasteiger partial charge in [-0.05, 0) is 20.3 Å². The van der Waals surface area contributed by atoms with E-state index in [0.717, 1.165) is 6.04 Å². The molecule has 0 radical (unpaired) electrons. The summed E-state index contributed by atoms with van der Waals surface area (Å²) < 4.78 is 0. The van der Waals surface area contributed by atoms with Gasteiger partial charge in [-0.3, -0.25) is 10.6 Å². The third-order valence-electron chi connectivity index (χ3n) is 1.64. The first-order valence-corrected chi connectivity index (χ1v) is 3.76. The van der Waals surface area contributed by atoms with E-state index in [1.807, 2.05) is 0 Å². The highest BCUT2D eigenvalue weighted by molar-refractivity contribution is 4.95. The summed E-state index contributed by atoms with van der Waals surface area (Å²) in [6.45, 7) is 6.55. The van der Waals surface area contributed by atoms with Crippen LogP contribution in [0, 0.1) is 0 Å². The summed E-state index contributed by atoms with van der Waals surface area (Å²) in [5.74, 6) is 0. The van der Waals surface area contributed by atoms with Crippen LogP contribution in [-0.4, -0.2) is 18.2 Å². The van der Waals surface area contributed by atoms with Crippen molar-refractivity contribution in [2.45, 2.75) is 45.4 Å². The fourth-order valence-electron chi connectivity index (χ4n) is 1.05. The molecule has 0 aromatic heterocycles. The Morgan fingerprint density at radius 3 is 2.56 bits per heavy atom. The second-order valence-corrected chi connectivity index (χ2v) is 2.98. The Hall–Kier alpha value is -0.0800. The van der Waals surface area contributed by atoms with Gasteiger partial charge in [0.2, 0.25) is 0 Å². The normalized spacial score (nSPS) is 33.3. The molecule has 54 valence electrons. The molecule has 1 aliphatic heterocycles. The monoisotopic (exact) mass is 128 g/mol. The van der Waals surface area contributed by atoms with Crippen molar-refractivity contribution in [2.24, 2.45) is 0 Å². The van der Waals surface area contributed by atoms with Gasteiger partial charge in [0.05, 0.1) is 6.17 Å². The van der Waals surface area contributed by atoms with E-state index in [2.05, 4.69) is 31.4 Å². The minimum atomic E-state index is 0.606. The highest BCUT2D eigenvalue weighted by Gasteiger charge is 2.33. The Kier molecular flexibility index (Phi) is 2.09. The van der Waals surface area contributed by atoms with Gasteiger partial charge in [0.25, 0.3) is 0 Å². The lowest BCUT2D eigenvalue weighted by molar-refractivity contribution is 0.566. The van der Waals surface area contributed by atoms with Gasteiger partial charge < -0.3 is 0 Å². The molecule has 2 unspecified atom stereocenters. The van der Waals surface area contributed by atoms with Crippen molar-refractivity contribution in [1.29, 1.82) is 0 Å². The second-order valence-electron chi connectivity index (χ2n) is 2.98. The van der Waals surface area contributed by atoms with Crippen molar-refractivity contribution in [3.05, 3.63) is 0 Å². The van der Waals surface area contributed by atoms with E-state index in [-0.39, 0.29) is 0 Å². The fraction of sp³-hybridized carbons (Fsp3) is 1.00. The molecule has 0 aromatic carbocycles. The van der Waals surface area contributed by atoms with E-state index in [1.165, 1.54) is 6.42 Å². The molecule has 2 nitrogen and oxygen atoms in total. The number of rotatable bonds is 3. The lowest BCUT2D eigenvalue weighted by atomic mass is 10.3. The topological polar surface area (TPSA) is 34.0 Å². The van der Waals surface area contributed by atoms with Crippen LogP contribution < -0.4 is 10.6 Å². The first kappa shape index (κ1) is 7.03. The molecule has 1 heterocycles. The molecule has 0 saturated carbocycles. The van der Waals surface area contributed by atoms with Crippen LogP contribution >= 0.6 is 0 Å². The summed E-state index contributed by atoms with van der Waals surface area (Å²) in [4.78, 5) is 0. The Morgan fingerprint density at radius 1 is 1.56 bits per heavy atom. The van der Waals surface area contributed by atoms with Crippen LogP contribution in [0.3, 0.4) is 0 Å². The SMILES string of the molecule is CCC1NC1NC(C)C. The molecule has 0 aromatic rings. The van der Waals surface area contributed by atoms with Gasteiger partial charge in [-0.2, -0.15) is 0 Å². The van der Waals surface area contributed by atoms with Crippen molar-refractivity contribution in [3.63, 3.8) is 0 Å². The third-order valence-corrected chi connectivity index (χ3v) is 1.64. The summed E-state index contributed by atoms with van der Waals surface area (Å²) in [6, 6.07) is 1.35. The predicted molar refractivity (Wildman–Crippen MR) is 39.3 cm³/mol. The van der Waals surface area contributed by atoms with Crippen molar-refractivity contribution in [1.82, 2.24) is 10.6 Å². The summed E-state index contributed by atoms with van der Waals surface area (Å²) >= 11 is 0. The van der Waals surface area contributed by atoms with E-state index in [9.17, 15) is 0 Å². The molecule has 1 saturated heterocycles. The van der Waals surface area contributed by atoms with Crippen LogP contribution in [0.4, 0.5) is 0 Å². The van der Waals surface area contributed by atoms with Gasteiger partial charge in [0.15, 0.2) is 0 Å². The zero-order chi connectivity index (χ0) is 6.85. The molecule has 0 bridgehead atoms. The zero-order valence-electron chi connectivity index (χ0n) is 6.44. The summed E-state index contributed by atoms with van der Waals surface area (Å²) in [5, 5.41) is 6.75. The Balaban J connectivity index is 2.05. The summed E-state index contributed by atoms with van der Waals surface area (Å²) in [7, 11) is 0. The van der Waals surface area contributed by atoms with Crippen LogP contribution in [0.25, 0.3) is 0 Å².